The lowest BCUT2D eigenvalue weighted by atomic mass is 9.64. The normalized spacial score (nSPS) is 26.0. The van der Waals surface area contributed by atoms with Gasteiger partial charge in [0.05, 0.1) is 5.69 Å². The largest absolute Gasteiger partial charge is 0.851 e. The maximum atomic E-state index is 13.8. The summed E-state index contributed by atoms with van der Waals surface area (Å²) in [5.74, 6) is -1.63. The molecule has 0 amide bonds. The van der Waals surface area contributed by atoms with Gasteiger partial charge >= 0.3 is 0 Å². The Morgan fingerprint density at radius 3 is 2.24 bits per heavy atom. The van der Waals surface area contributed by atoms with Gasteiger partial charge in [0, 0.05) is 35.1 Å². The molecule has 1 N–H and O–H groups in total. The first-order valence-electron chi connectivity index (χ1n) is 14.5. The molecule has 42 heavy (non-hydrogen) atoms. The molecule has 1 saturated carbocycles. The fourth-order valence-corrected chi connectivity index (χ4v) is 7.34. The number of nitrogens with zero attached hydrogens (tertiary/aromatic N) is 2. The summed E-state index contributed by atoms with van der Waals surface area (Å²) in [6.45, 7) is 4.00. The molecule has 0 bridgehead atoms. The van der Waals surface area contributed by atoms with Gasteiger partial charge in [-0.3, -0.25) is 9.89 Å². The molecule has 1 aliphatic carbocycles. The molecular weight excluding hydrogens is 522 g/mol. The molecule has 5 aromatic rings. The molecule has 1 aromatic heterocycles. The molecule has 1 aliphatic heterocycles. The van der Waals surface area contributed by atoms with Gasteiger partial charge in [-0.2, -0.15) is 0 Å². The van der Waals surface area contributed by atoms with E-state index in [2.05, 4.69) is 59.4 Å². The van der Waals surface area contributed by atoms with Crippen LogP contribution in [-0.2, 0) is 11.8 Å². The molecule has 2 aliphatic rings. The number of H-pyrrole nitrogens is 1. The number of allylic oxidation sites excluding steroid dienone is 1. The maximum absolute atomic E-state index is 13.8. The van der Waals surface area contributed by atoms with Crippen molar-refractivity contribution in [3.05, 3.63) is 142 Å². The van der Waals surface area contributed by atoms with Crippen LogP contribution in [0.2, 0.25) is 0 Å². The van der Waals surface area contributed by atoms with Crippen molar-refractivity contribution in [1.29, 1.82) is 0 Å². The summed E-state index contributed by atoms with van der Waals surface area (Å²) >= 11 is 0. The van der Waals surface area contributed by atoms with E-state index in [-0.39, 0.29) is 5.56 Å². The quantitative estimate of drug-likeness (QED) is 0.350. The molecule has 2 heterocycles. The number of aromatic amines is 1. The molecule has 6 nitrogen and oxygen atoms in total. The number of anilines is 1. The summed E-state index contributed by atoms with van der Waals surface area (Å²) in [4.78, 5) is 15.6. The highest BCUT2D eigenvalue weighted by molar-refractivity contribution is 5.95. The highest BCUT2D eigenvalue weighted by atomic mass is 16.3. The Balaban J connectivity index is 1.29. The predicted octanol–water partition coefficient (Wildman–Crippen LogP) is 4.33. The van der Waals surface area contributed by atoms with E-state index >= 15 is 0 Å². The molecule has 6 heteroatoms. The number of rotatable bonds is 5. The third-order valence-electron chi connectivity index (χ3n) is 9.43. The standard InChI is InChI=1S/C36H33N3O3/c1-22-30(35(42)39(37-22)25-15-8-5-9-16-25)31-33(40)27(34(31)41)20-29-36(2,21-23-12-6-4-7-13-23)32-26-17-11-10-14-24(26)18-19-28(32)38(29)3/h4-20,27,31,33-34,37H,21H2,1-3H3/q-2. The van der Waals surface area contributed by atoms with Crippen molar-refractivity contribution in [2.75, 3.05) is 11.9 Å². The second-order valence-corrected chi connectivity index (χ2v) is 11.9. The van der Waals surface area contributed by atoms with E-state index in [4.69, 9.17) is 0 Å². The molecular formula is C36H33N3O3-2. The van der Waals surface area contributed by atoms with Gasteiger partial charge in [0.25, 0.3) is 5.56 Å². The summed E-state index contributed by atoms with van der Waals surface area (Å²) in [6.07, 6.45) is 0.247. The van der Waals surface area contributed by atoms with Crippen LogP contribution < -0.4 is 20.7 Å². The average Bonchev–Trinajstić information content (AvgIpc) is 3.41. The fourth-order valence-electron chi connectivity index (χ4n) is 7.34. The summed E-state index contributed by atoms with van der Waals surface area (Å²) < 4.78 is 1.43. The number of hydrogen-bond donors (Lipinski definition) is 1. The SMILES string of the molecule is Cc1[nH]n(-c2ccccc2)c(=O)c1C1C([O-])C(C=C2N(C)c3ccc4ccccc4c3C2(C)Cc2ccccc2)C1[O-]. The van der Waals surface area contributed by atoms with Gasteiger partial charge in [-0.05, 0) is 72.2 Å². The Kier molecular flexibility index (Phi) is 6.22. The van der Waals surface area contributed by atoms with Gasteiger partial charge in [-0.1, -0.05) is 84.9 Å². The minimum absolute atomic E-state index is 0.314. The van der Waals surface area contributed by atoms with Gasteiger partial charge in [0.15, 0.2) is 0 Å². The summed E-state index contributed by atoms with van der Waals surface area (Å²) in [7, 11) is 2.03. The molecule has 212 valence electrons. The van der Waals surface area contributed by atoms with Crippen molar-refractivity contribution in [2.24, 2.45) is 5.92 Å². The highest BCUT2D eigenvalue weighted by Crippen LogP contribution is 2.53. The summed E-state index contributed by atoms with van der Waals surface area (Å²) in [6, 6.07) is 32.3. The Hall–Kier alpha value is -4.39. The first-order valence-corrected chi connectivity index (χ1v) is 14.5. The van der Waals surface area contributed by atoms with E-state index in [1.54, 1.807) is 6.92 Å². The van der Waals surface area contributed by atoms with Crippen LogP contribution in [0.1, 0.15) is 35.2 Å². The van der Waals surface area contributed by atoms with E-state index in [0.29, 0.717) is 16.9 Å². The van der Waals surface area contributed by atoms with Gasteiger partial charge in [-0.25, -0.2) is 4.68 Å². The summed E-state index contributed by atoms with van der Waals surface area (Å²) in [5, 5.41) is 33.1. The van der Waals surface area contributed by atoms with Crippen molar-refractivity contribution < 1.29 is 10.2 Å². The van der Waals surface area contributed by atoms with Gasteiger partial charge < -0.3 is 15.1 Å². The van der Waals surface area contributed by atoms with Crippen LogP contribution >= 0.6 is 0 Å². The van der Waals surface area contributed by atoms with E-state index in [9.17, 15) is 15.0 Å². The monoisotopic (exact) mass is 555 g/mol. The molecule has 1 fully saturated rings. The number of benzene rings is 4. The third kappa shape index (κ3) is 3.90. The first-order chi connectivity index (χ1) is 20.3. The topological polar surface area (TPSA) is 87.1 Å². The molecule has 4 aromatic carbocycles. The maximum Gasteiger partial charge on any atom is 0.274 e. The van der Waals surface area contributed by atoms with E-state index in [1.165, 1.54) is 21.2 Å². The van der Waals surface area contributed by atoms with E-state index in [0.717, 1.165) is 23.2 Å². The number of fused-ring (bicyclic) bond motifs is 3. The number of aromatic nitrogens is 2. The fraction of sp³-hybridized carbons (Fsp3) is 0.250. The molecule has 3 atom stereocenters. The van der Waals surface area contributed by atoms with Crippen molar-refractivity contribution >= 4 is 16.5 Å². The Morgan fingerprint density at radius 2 is 1.52 bits per heavy atom. The minimum atomic E-state index is -1.21. The number of aryl methyl sites for hydroxylation is 1. The average molecular weight is 556 g/mol. The number of hydrogen-bond acceptors (Lipinski definition) is 4. The molecule has 7 rings (SSSR count). The van der Waals surface area contributed by atoms with E-state index in [1.807, 2.05) is 67.7 Å². The molecule has 0 radical (unpaired) electrons. The van der Waals surface area contributed by atoms with Gasteiger partial charge in [0.1, 0.15) is 0 Å². The van der Waals surface area contributed by atoms with Crippen LogP contribution in [0.3, 0.4) is 0 Å². The number of nitrogens with one attached hydrogen (secondary N) is 1. The molecule has 0 saturated heterocycles. The zero-order valence-electron chi connectivity index (χ0n) is 24.0. The third-order valence-corrected chi connectivity index (χ3v) is 9.43. The van der Waals surface area contributed by atoms with Crippen molar-refractivity contribution in [2.45, 2.75) is 43.8 Å². The lowest BCUT2D eigenvalue weighted by Gasteiger charge is -2.60. The van der Waals surface area contributed by atoms with Crippen LogP contribution in [0.5, 0.6) is 0 Å². The second-order valence-electron chi connectivity index (χ2n) is 11.9. The predicted molar refractivity (Wildman–Crippen MR) is 163 cm³/mol. The zero-order valence-corrected chi connectivity index (χ0v) is 24.0. The number of para-hydroxylation sites is 1. The Morgan fingerprint density at radius 1 is 0.881 bits per heavy atom. The van der Waals surface area contributed by atoms with Crippen molar-refractivity contribution in [1.82, 2.24) is 9.78 Å². The Bertz CT molecular complexity index is 1860. The lowest BCUT2D eigenvalue weighted by molar-refractivity contribution is -0.543. The highest BCUT2D eigenvalue weighted by Gasteiger charge is 2.46. The van der Waals surface area contributed by atoms with Crippen LogP contribution in [0, 0.1) is 12.8 Å². The molecule has 0 spiro atoms. The lowest BCUT2D eigenvalue weighted by Crippen LogP contribution is -2.65. The Labute approximate surface area is 245 Å². The summed E-state index contributed by atoms with van der Waals surface area (Å²) in [5.41, 5.74) is 5.25. The smallest absolute Gasteiger partial charge is 0.274 e. The van der Waals surface area contributed by atoms with Crippen LogP contribution in [0.15, 0.2) is 114 Å². The van der Waals surface area contributed by atoms with Crippen LogP contribution in [0.4, 0.5) is 5.69 Å². The minimum Gasteiger partial charge on any atom is -0.851 e. The van der Waals surface area contributed by atoms with Crippen LogP contribution in [0.25, 0.3) is 16.5 Å². The molecule has 3 unspecified atom stereocenters. The second kappa shape index (κ2) is 9.86. The van der Waals surface area contributed by atoms with E-state index < -0.39 is 29.5 Å². The van der Waals surface area contributed by atoms with Crippen molar-refractivity contribution in [3.63, 3.8) is 0 Å². The van der Waals surface area contributed by atoms with Gasteiger partial charge in [0.2, 0.25) is 0 Å². The number of likely N-dealkylation sites (N-methyl/N-ethyl adjacent to an activating group) is 1. The van der Waals surface area contributed by atoms with Gasteiger partial charge in [-0.15, -0.1) is 12.2 Å². The van der Waals surface area contributed by atoms with Crippen molar-refractivity contribution in [3.8, 4) is 5.69 Å². The first kappa shape index (κ1) is 26.5. The van der Waals surface area contributed by atoms with Crippen LogP contribution in [-0.4, -0.2) is 29.0 Å². The zero-order chi connectivity index (χ0) is 29.2.